The summed E-state index contributed by atoms with van der Waals surface area (Å²) in [5.41, 5.74) is -0.454. The lowest BCUT2D eigenvalue weighted by Gasteiger charge is -2.17. The molecule has 0 fully saturated rings. The van der Waals surface area contributed by atoms with Gasteiger partial charge in [0.2, 0.25) is 0 Å². The molecule has 0 aliphatic carbocycles. The molecule has 1 aromatic rings. The largest absolute Gasteiger partial charge is 0.431 e. The first-order valence-electron chi connectivity index (χ1n) is 4.62. The number of halogens is 4. The Hall–Kier alpha value is -1.47. The number of hydrogen-bond donors (Lipinski definition) is 0. The fraction of sp³-hybridized carbons (Fsp3) is 0.300. The molecule has 0 bridgehead atoms. The summed E-state index contributed by atoms with van der Waals surface area (Å²) in [6.07, 6.45) is 0. The van der Waals surface area contributed by atoms with Crippen LogP contribution in [-0.2, 0) is 4.84 Å². The second-order valence-corrected chi connectivity index (χ2v) is 3.56. The molecular weight excluding hydrogens is 275 g/mol. The van der Waals surface area contributed by atoms with Gasteiger partial charge in [-0.25, -0.2) is 9.45 Å². The third-order valence-corrected chi connectivity index (χ3v) is 2.22. The standard InChI is InChI=1S/C10H9ClF3NO3/c1-15(17-2)9(16)6-3-5(11)4-7(12)8(6)18-10(13)14/h3-4,10H,1-2H3. The van der Waals surface area contributed by atoms with E-state index in [-0.39, 0.29) is 5.02 Å². The van der Waals surface area contributed by atoms with Crippen LogP contribution in [0, 0.1) is 5.82 Å². The summed E-state index contributed by atoms with van der Waals surface area (Å²) in [6.45, 7) is -3.26. The van der Waals surface area contributed by atoms with E-state index in [0.717, 1.165) is 17.2 Å². The van der Waals surface area contributed by atoms with Crippen LogP contribution < -0.4 is 4.74 Å². The second-order valence-electron chi connectivity index (χ2n) is 3.13. The molecule has 1 aromatic carbocycles. The summed E-state index contributed by atoms with van der Waals surface area (Å²) in [5.74, 6) is -2.89. The number of alkyl halides is 2. The van der Waals surface area contributed by atoms with E-state index >= 15 is 0 Å². The summed E-state index contributed by atoms with van der Waals surface area (Å²) in [5, 5.41) is 0.602. The van der Waals surface area contributed by atoms with E-state index in [1.165, 1.54) is 14.2 Å². The molecule has 0 N–H and O–H groups in total. The van der Waals surface area contributed by atoms with Crippen LogP contribution in [0.3, 0.4) is 0 Å². The summed E-state index contributed by atoms with van der Waals surface area (Å²) < 4.78 is 41.7. The van der Waals surface area contributed by atoms with Gasteiger partial charge in [0.1, 0.15) is 0 Å². The van der Waals surface area contributed by atoms with Crippen LogP contribution in [0.4, 0.5) is 13.2 Å². The molecule has 1 amide bonds. The van der Waals surface area contributed by atoms with E-state index < -0.39 is 29.6 Å². The van der Waals surface area contributed by atoms with Crippen molar-refractivity contribution >= 4 is 17.5 Å². The SMILES string of the molecule is CON(C)C(=O)c1cc(Cl)cc(F)c1OC(F)F. The molecule has 0 aromatic heterocycles. The molecule has 0 saturated carbocycles. The number of ether oxygens (including phenoxy) is 1. The quantitative estimate of drug-likeness (QED) is 0.798. The van der Waals surface area contributed by atoms with E-state index in [1.54, 1.807) is 0 Å². The predicted molar refractivity (Wildman–Crippen MR) is 57.1 cm³/mol. The van der Waals surface area contributed by atoms with E-state index in [4.69, 9.17) is 11.6 Å². The van der Waals surface area contributed by atoms with Crippen molar-refractivity contribution in [2.45, 2.75) is 6.61 Å². The van der Waals surface area contributed by atoms with Crippen molar-refractivity contribution in [1.29, 1.82) is 0 Å². The van der Waals surface area contributed by atoms with Crippen LogP contribution in [0.15, 0.2) is 12.1 Å². The highest BCUT2D eigenvalue weighted by atomic mass is 35.5. The lowest BCUT2D eigenvalue weighted by Crippen LogP contribution is -2.26. The van der Waals surface area contributed by atoms with Crippen LogP contribution in [0.25, 0.3) is 0 Å². The number of nitrogens with zero attached hydrogens (tertiary/aromatic N) is 1. The van der Waals surface area contributed by atoms with Gasteiger partial charge in [-0.15, -0.1) is 0 Å². The third kappa shape index (κ3) is 3.27. The van der Waals surface area contributed by atoms with Crippen molar-refractivity contribution in [1.82, 2.24) is 5.06 Å². The van der Waals surface area contributed by atoms with Crippen molar-refractivity contribution in [3.8, 4) is 5.75 Å². The summed E-state index contributed by atoms with van der Waals surface area (Å²) in [6, 6.07) is 1.78. The van der Waals surface area contributed by atoms with E-state index in [0.29, 0.717) is 0 Å². The number of carbonyl (C=O) groups excluding carboxylic acids is 1. The van der Waals surface area contributed by atoms with Crippen molar-refractivity contribution in [3.63, 3.8) is 0 Å². The van der Waals surface area contributed by atoms with E-state index in [2.05, 4.69) is 9.57 Å². The van der Waals surface area contributed by atoms with Gasteiger partial charge in [0.05, 0.1) is 12.7 Å². The minimum Gasteiger partial charge on any atom is -0.431 e. The molecule has 0 radical (unpaired) electrons. The zero-order valence-corrected chi connectivity index (χ0v) is 10.2. The molecule has 8 heteroatoms. The number of hydrogen-bond acceptors (Lipinski definition) is 3. The fourth-order valence-electron chi connectivity index (χ4n) is 1.18. The molecule has 4 nitrogen and oxygen atoms in total. The third-order valence-electron chi connectivity index (χ3n) is 2.01. The van der Waals surface area contributed by atoms with Crippen LogP contribution in [-0.4, -0.2) is 31.7 Å². The smallest absolute Gasteiger partial charge is 0.387 e. The van der Waals surface area contributed by atoms with Gasteiger partial charge in [0, 0.05) is 12.1 Å². The van der Waals surface area contributed by atoms with Crippen molar-refractivity contribution < 1.29 is 27.5 Å². The highest BCUT2D eigenvalue weighted by Gasteiger charge is 2.23. The van der Waals surface area contributed by atoms with E-state index in [9.17, 15) is 18.0 Å². The zero-order chi connectivity index (χ0) is 13.9. The Kier molecular flexibility index (Phi) is 4.80. The first kappa shape index (κ1) is 14.6. The van der Waals surface area contributed by atoms with Crippen LogP contribution in [0.5, 0.6) is 5.75 Å². The highest BCUT2D eigenvalue weighted by Crippen LogP contribution is 2.29. The number of carbonyl (C=O) groups is 1. The summed E-state index contributed by atoms with van der Waals surface area (Å²) in [7, 11) is 2.42. The molecule has 0 saturated heterocycles. The second kappa shape index (κ2) is 5.92. The highest BCUT2D eigenvalue weighted by molar-refractivity contribution is 6.31. The van der Waals surface area contributed by atoms with Crippen molar-refractivity contribution in [2.24, 2.45) is 0 Å². The van der Waals surface area contributed by atoms with Crippen LogP contribution >= 0.6 is 11.6 Å². The predicted octanol–water partition coefficient (Wildman–Crippen LogP) is 2.71. The topological polar surface area (TPSA) is 38.8 Å². The van der Waals surface area contributed by atoms with Gasteiger partial charge < -0.3 is 4.74 Å². The molecule has 100 valence electrons. The molecule has 18 heavy (non-hydrogen) atoms. The minimum absolute atomic E-state index is 0.123. The molecule has 0 unspecified atom stereocenters. The Labute approximate surface area is 106 Å². The Bertz CT molecular complexity index is 456. The maximum atomic E-state index is 13.4. The molecule has 0 spiro atoms. The molecule has 0 aliphatic heterocycles. The number of hydroxylamine groups is 2. The minimum atomic E-state index is -3.26. The lowest BCUT2D eigenvalue weighted by atomic mass is 10.2. The van der Waals surface area contributed by atoms with E-state index in [1.807, 2.05) is 0 Å². The van der Waals surface area contributed by atoms with Crippen LogP contribution in [0.1, 0.15) is 10.4 Å². The van der Waals surface area contributed by atoms with Gasteiger partial charge in [-0.2, -0.15) is 8.78 Å². The number of amides is 1. The Morgan fingerprint density at radius 3 is 2.56 bits per heavy atom. The van der Waals surface area contributed by atoms with Gasteiger partial charge in [0.25, 0.3) is 5.91 Å². The summed E-state index contributed by atoms with van der Waals surface area (Å²) >= 11 is 5.56. The van der Waals surface area contributed by atoms with Crippen LogP contribution in [0.2, 0.25) is 5.02 Å². The van der Waals surface area contributed by atoms with Gasteiger partial charge in [-0.1, -0.05) is 11.6 Å². The zero-order valence-electron chi connectivity index (χ0n) is 9.42. The van der Waals surface area contributed by atoms with Gasteiger partial charge in [-0.05, 0) is 12.1 Å². The number of rotatable bonds is 4. The van der Waals surface area contributed by atoms with Gasteiger partial charge >= 0.3 is 6.61 Å². The lowest BCUT2D eigenvalue weighted by molar-refractivity contribution is -0.0773. The van der Waals surface area contributed by atoms with Crippen molar-refractivity contribution in [2.75, 3.05) is 14.2 Å². The first-order chi connectivity index (χ1) is 8.36. The average Bonchev–Trinajstić information content (AvgIpc) is 2.29. The molecule has 0 atom stereocenters. The average molecular weight is 284 g/mol. The molecule has 1 rings (SSSR count). The Morgan fingerprint density at radius 2 is 2.06 bits per heavy atom. The van der Waals surface area contributed by atoms with Crippen molar-refractivity contribution in [3.05, 3.63) is 28.5 Å². The summed E-state index contributed by atoms with van der Waals surface area (Å²) in [4.78, 5) is 16.3. The normalized spacial score (nSPS) is 10.6. The maximum absolute atomic E-state index is 13.4. The Balaban J connectivity index is 3.27. The molecule has 0 aliphatic rings. The van der Waals surface area contributed by atoms with Gasteiger partial charge in [-0.3, -0.25) is 9.63 Å². The first-order valence-corrected chi connectivity index (χ1v) is 5.00. The number of benzene rings is 1. The monoisotopic (exact) mass is 283 g/mol. The Morgan fingerprint density at radius 1 is 1.44 bits per heavy atom. The maximum Gasteiger partial charge on any atom is 0.387 e. The van der Waals surface area contributed by atoms with Gasteiger partial charge in [0.15, 0.2) is 11.6 Å². The fourth-order valence-corrected chi connectivity index (χ4v) is 1.39. The molecule has 0 heterocycles. The molecular formula is C10H9ClF3NO3.